The lowest BCUT2D eigenvalue weighted by Gasteiger charge is -2.20. The summed E-state index contributed by atoms with van der Waals surface area (Å²) in [5.41, 5.74) is 1.11. The van der Waals surface area contributed by atoms with Crippen molar-refractivity contribution in [1.29, 1.82) is 0 Å². The molecule has 2 aliphatic rings. The first-order chi connectivity index (χ1) is 14.3. The highest BCUT2D eigenvalue weighted by atomic mass is 16.2. The van der Waals surface area contributed by atoms with Gasteiger partial charge in [-0.2, -0.15) is 0 Å². The number of nitrogens with zero attached hydrogens (tertiary/aromatic N) is 4. The van der Waals surface area contributed by atoms with Gasteiger partial charge in [0.2, 0.25) is 5.91 Å². The van der Waals surface area contributed by atoms with E-state index in [0.29, 0.717) is 18.9 Å². The molecule has 1 aromatic heterocycles. The summed E-state index contributed by atoms with van der Waals surface area (Å²) in [4.78, 5) is 25.7. The van der Waals surface area contributed by atoms with Crippen molar-refractivity contribution in [3.63, 3.8) is 0 Å². The van der Waals surface area contributed by atoms with E-state index in [1.54, 1.807) is 0 Å². The maximum absolute atomic E-state index is 12.1. The molecule has 0 aromatic carbocycles. The fourth-order valence-corrected chi connectivity index (χ4v) is 3.91. The predicted octanol–water partition coefficient (Wildman–Crippen LogP) is 2.53. The maximum Gasteiger partial charge on any atom is 0.222 e. The van der Waals surface area contributed by atoms with Crippen LogP contribution in [0, 0.1) is 0 Å². The predicted molar refractivity (Wildman–Crippen MR) is 118 cm³/mol. The normalized spacial score (nSPS) is 18.1. The number of aliphatic imine (C=N–C) groups is 1. The van der Waals surface area contributed by atoms with Crippen LogP contribution in [0.2, 0.25) is 0 Å². The van der Waals surface area contributed by atoms with Crippen LogP contribution in [-0.2, 0) is 11.3 Å². The van der Waals surface area contributed by atoms with Crippen LogP contribution in [0.5, 0.6) is 0 Å². The number of anilines is 1. The van der Waals surface area contributed by atoms with Gasteiger partial charge in [-0.1, -0.05) is 12.5 Å². The summed E-state index contributed by atoms with van der Waals surface area (Å²) in [5, 5.41) is 6.69. The van der Waals surface area contributed by atoms with Crippen LogP contribution in [-0.4, -0.2) is 61.0 Å². The van der Waals surface area contributed by atoms with Crippen LogP contribution in [0.3, 0.4) is 0 Å². The number of likely N-dealkylation sites (tertiary alicyclic amines) is 1. The van der Waals surface area contributed by atoms with E-state index in [-0.39, 0.29) is 0 Å². The van der Waals surface area contributed by atoms with Crippen molar-refractivity contribution >= 4 is 17.7 Å². The molecule has 0 unspecified atom stereocenters. The molecule has 1 aromatic rings. The number of carbonyl (C=O) groups is 1. The van der Waals surface area contributed by atoms with Gasteiger partial charge in [0, 0.05) is 51.9 Å². The smallest absolute Gasteiger partial charge is 0.222 e. The molecule has 160 valence electrons. The molecule has 0 atom stereocenters. The molecular weight excluding hydrogens is 364 g/mol. The standard InChI is InChI=1S/C22H36N6O/c1-2-23-22(24-12-8-16-28-15-5-3-4-9-21(28)29)26-18-19-10-11-20(25-17-19)27-13-6-7-14-27/h10-11,17H,2-9,12-16,18H2,1H3,(H2,23,24,26). The third-order valence-electron chi connectivity index (χ3n) is 5.57. The van der Waals surface area contributed by atoms with E-state index in [1.807, 2.05) is 11.1 Å². The third-order valence-corrected chi connectivity index (χ3v) is 5.57. The van der Waals surface area contributed by atoms with Crippen molar-refractivity contribution in [2.75, 3.05) is 44.2 Å². The molecule has 29 heavy (non-hydrogen) atoms. The number of aromatic nitrogens is 1. The molecule has 2 fully saturated rings. The molecule has 0 spiro atoms. The SMILES string of the molecule is CCNC(=NCc1ccc(N2CCCC2)nc1)NCCCN1CCCCCC1=O. The molecule has 3 rings (SSSR count). The Morgan fingerprint density at radius 3 is 2.69 bits per heavy atom. The quantitative estimate of drug-likeness (QED) is 0.399. The van der Waals surface area contributed by atoms with Gasteiger partial charge in [-0.3, -0.25) is 4.79 Å². The molecule has 7 nitrogen and oxygen atoms in total. The Morgan fingerprint density at radius 2 is 1.93 bits per heavy atom. The Labute approximate surface area is 175 Å². The Morgan fingerprint density at radius 1 is 1.10 bits per heavy atom. The zero-order valence-corrected chi connectivity index (χ0v) is 17.8. The van der Waals surface area contributed by atoms with Gasteiger partial charge in [0.25, 0.3) is 0 Å². The van der Waals surface area contributed by atoms with E-state index in [0.717, 1.165) is 75.9 Å². The number of rotatable bonds is 8. The minimum absolute atomic E-state index is 0.313. The summed E-state index contributed by atoms with van der Waals surface area (Å²) < 4.78 is 0. The van der Waals surface area contributed by atoms with Crippen molar-refractivity contribution in [2.24, 2.45) is 4.99 Å². The molecule has 3 heterocycles. The number of guanidine groups is 1. The molecule has 0 bridgehead atoms. The van der Waals surface area contributed by atoms with Gasteiger partial charge in [-0.25, -0.2) is 9.98 Å². The Hall–Kier alpha value is -2.31. The van der Waals surface area contributed by atoms with Gasteiger partial charge in [-0.15, -0.1) is 0 Å². The number of hydrogen-bond donors (Lipinski definition) is 2. The summed E-state index contributed by atoms with van der Waals surface area (Å²) in [6.45, 7) is 8.27. The fourth-order valence-electron chi connectivity index (χ4n) is 3.91. The molecule has 2 saturated heterocycles. The van der Waals surface area contributed by atoms with E-state index in [1.165, 1.54) is 19.3 Å². The number of amides is 1. The zero-order chi connectivity index (χ0) is 20.3. The maximum atomic E-state index is 12.1. The van der Waals surface area contributed by atoms with Crippen LogP contribution in [0.1, 0.15) is 57.4 Å². The molecule has 0 saturated carbocycles. The first-order valence-corrected chi connectivity index (χ1v) is 11.3. The van der Waals surface area contributed by atoms with Crippen molar-refractivity contribution in [2.45, 2.75) is 58.4 Å². The van der Waals surface area contributed by atoms with Gasteiger partial charge >= 0.3 is 0 Å². The number of pyridine rings is 1. The van der Waals surface area contributed by atoms with E-state index in [9.17, 15) is 4.79 Å². The lowest BCUT2D eigenvalue weighted by Crippen LogP contribution is -2.39. The van der Waals surface area contributed by atoms with E-state index < -0.39 is 0 Å². The highest BCUT2D eigenvalue weighted by Gasteiger charge is 2.16. The highest BCUT2D eigenvalue weighted by Crippen LogP contribution is 2.17. The summed E-state index contributed by atoms with van der Waals surface area (Å²) in [6.07, 6.45) is 9.45. The van der Waals surface area contributed by atoms with Crippen molar-refractivity contribution in [3.8, 4) is 0 Å². The number of hydrogen-bond acceptors (Lipinski definition) is 4. The van der Waals surface area contributed by atoms with Crippen LogP contribution in [0.15, 0.2) is 23.3 Å². The topological polar surface area (TPSA) is 72.9 Å². The minimum atomic E-state index is 0.313. The second kappa shape index (κ2) is 11.6. The summed E-state index contributed by atoms with van der Waals surface area (Å²) >= 11 is 0. The Balaban J connectivity index is 1.43. The lowest BCUT2D eigenvalue weighted by atomic mass is 10.2. The lowest BCUT2D eigenvalue weighted by molar-refractivity contribution is -0.130. The third kappa shape index (κ3) is 6.91. The highest BCUT2D eigenvalue weighted by molar-refractivity contribution is 5.79. The Kier molecular flexibility index (Phi) is 8.58. The van der Waals surface area contributed by atoms with Crippen LogP contribution in [0.25, 0.3) is 0 Å². The monoisotopic (exact) mass is 400 g/mol. The van der Waals surface area contributed by atoms with Crippen LogP contribution >= 0.6 is 0 Å². The van der Waals surface area contributed by atoms with Crippen molar-refractivity contribution in [3.05, 3.63) is 23.9 Å². The largest absolute Gasteiger partial charge is 0.357 e. The van der Waals surface area contributed by atoms with Gasteiger partial charge in [-0.05, 0) is 50.7 Å². The average molecular weight is 401 g/mol. The number of carbonyl (C=O) groups excluding carboxylic acids is 1. The van der Waals surface area contributed by atoms with Crippen LogP contribution in [0.4, 0.5) is 5.82 Å². The first kappa shape index (κ1) is 21.4. The Bertz CT molecular complexity index is 654. The van der Waals surface area contributed by atoms with Gasteiger partial charge < -0.3 is 20.4 Å². The molecule has 0 aliphatic carbocycles. The second-order valence-corrected chi connectivity index (χ2v) is 7.89. The first-order valence-electron chi connectivity index (χ1n) is 11.3. The molecule has 2 aliphatic heterocycles. The van der Waals surface area contributed by atoms with E-state index in [2.05, 4.69) is 44.6 Å². The summed E-state index contributed by atoms with van der Waals surface area (Å²) in [6, 6.07) is 4.23. The molecule has 0 radical (unpaired) electrons. The van der Waals surface area contributed by atoms with Crippen molar-refractivity contribution in [1.82, 2.24) is 20.5 Å². The van der Waals surface area contributed by atoms with Crippen molar-refractivity contribution < 1.29 is 4.79 Å². The van der Waals surface area contributed by atoms with E-state index >= 15 is 0 Å². The summed E-state index contributed by atoms with van der Waals surface area (Å²) in [7, 11) is 0. The van der Waals surface area contributed by atoms with Gasteiger partial charge in [0.15, 0.2) is 5.96 Å². The second-order valence-electron chi connectivity index (χ2n) is 7.89. The van der Waals surface area contributed by atoms with E-state index in [4.69, 9.17) is 0 Å². The van der Waals surface area contributed by atoms with Gasteiger partial charge in [0.05, 0.1) is 6.54 Å². The number of nitrogens with one attached hydrogen (secondary N) is 2. The fraction of sp³-hybridized carbons (Fsp3) is 0.682. The molecule has 1 amide bonds. The summed E-state index contributed by atoms with van der Waals surface area (Å²) in [5.74, 6) is 2.20. The molecule has 2 N–H and O–H groups in total. The van der Waals surface area contributed by atoms with Gasteiger partial charge in [0.1, 0.15) is 5.82 Å². The molecular formula is C22H36N6O. The average Bonchev–Trinajstić information content (AvgIpc) is 3.20. The molecule has 7 heteroatoms. The minimum Gasteiger partial charge on any atom is -0.357 e. The zero-order valence-electron chi connectivity index (χ0n) is 17.8. The van der Waals surface area contributed by atoms with Crippen LogP contribution < -0.4 is 15.5 Å².